The first-order valence-corrected chi connectivity index (χ1v) is 10.3. The lowest BCUT2D eigenvalue weighted by atomic mass is 9.84. The van der Waals surface area contributed by atoms with Crippen LogP contribution in [0.15, 0.2) is 63.9 Å². The van der Waals surface area contributed by atoms with Gasteiger partial charge in [0.25, 0.3) is 10.0 Å². The molecule has 140 valence electrons. The Balaban J connectivity index is 1.73. The van der Waals surface area contributed by atoms with Gasteiger partial charge in [0.15, 0.2) is 5.84 Å². The first kappa shape index (κ1) is 17.7. The number of hydrogen-bond donors (Lipinski definition) is 0. The molecule has 2 aliphatic heterocycles. The first-order chi connectivity index (χ1) is 13.0. The molecule has 0 radical (unpaired) electrons. The molecule has 2 aromatic carbocycles. The molecule has 27 heavy (non-hydrogen) atoms. The number of likely N-dealkylation sites (tertiary alicyclic amines) is 1. The number of piperidine rings is 1. The second-order valence-electron chi connectivity index (χ2n) is 6.85. The molecule has 0 saturated carbocycles. The van der Waals surface area contributed by atoms with Gasteiger partial charge in [0.2, 0.25) is 0 Å². The van der Waals surface area contributed by atoms with Gasteiger partial charge in [-0.25, -0.2) is 0 Å². The van der Waals surface area contributed by atoms with Gasteiger partial charge >= 0.3 is 5.97 Å². The van der Waals surface area contributed by atoms with Crippen LogP contribution in [0.3, 0.4) is 0 Å². The van der Waals surface area contributed by atoms with E-state index in [1.165, 1.54) is 7.11 Å². The van der Waals surface area contributed by atoms with Crippen LogP contribution in [0.25, 0.3) is 0 Å². The molecule has 6 nitrogen and oxygen atoms in total. The van der Waals surface area contributed by atoms with Crippen LogP contribution >= 0.6 is 0 Å². The summed E-state index contributed by atoms with van der Waals surface area (Å²) >= 11 is 0. The van der Waals surface area contributed by atoms with E-state index in [0.29, 0.717) is 30.9 Å². The predicted molar refractivity (Wildman–Crippen MR) is 101 cm³/mol. The van der Waals surface area contributed by atoms with Gasteiger partial charge in [-0.2, -0.15) is 8.42 Å². The number of nitrogens with zero attached hydrogens (tertiary/aromatic N) is 2. The quantitative estimate of drug-likeness (QED) is 0.743. The molecule has 0 amide bonds. The number of carbonyl (C=O) groups is 1. The lowest BCUT2D eigenvalue weighted by Crippen LogP contribution is -2.45. The molecule has 0 bridgehead atoms. The Bertz CT molecular complexity index is 1000. The molecule has 0 aliphatic carbocycles. The summed E-state index contributed by atoms with van der Waals surface area (Å²) in [6.45, 7) is 0.985. The number of fused-ring (bicyclic) bond motifs is 1. The van der Waals surface area contributed by atoms with Gasteiger partial charge in [-0.1, -0.05) is 42.5 Å². The van der Waals surface area contributed by atoms with Crippen molar-refractivity contribution in [2.75, 3.05) is 20.2 Å². The van der Waals surface area contributed by atoms with Crippen molar-refractivity contribution in [1.82, 2.24) is 4.90 Å². The summed E-state index contributed by atoms with van der Waals surface area (Å²) in [5.41, 5.74) is 1.71. The summed E-state index contributed by atoms with van der Waals surface area (Å²) in [7, 11) is -2.32. The van der Waals surface area contributed by atoms with Gasteiger partial charge < -0.3 is 9.64 Å². The smallest absolute Gasteiger partial charge is 0.310 e. The third-order valence-corrected chi connectivity index (χ3v) is 6.49. The Kier molecular flexibility index (Phi) is 4.47. The van der Waals surface area contributed by atoms with Crippen LogP contribution in [0, 0.1) is 5.92 Å². The van der Waals surface area contributed by atoms with Gasteiger partial charge in [-0.3, -0.25) is 4.79 Å². The lowest BCUT2D eigenvalue weighted by Gasteiger charge is -2.38. The molecule has 2 aromatic rings. The zero-order valence-corrected chi connectivity index (χ0v) is 15.7. The fourth-order valence-corrected chi connectivity index (χ4v) is 5.12. The number of esters is 1. The average Bonchev–Trinajstić information content (AvgIpc) is 2.99. The molecule has 4 rings (SSSR count). The lowest BCUT2D eigenvalue weighted by molar-refractivity contribution is -0.147. The van der Waals surface area contributed by atoms with Crippen molar-refractivity contribution in [3.63, 3.8) is 0 Å². The molecular formula is C20H20N2O4S. The zero-order chi connectivity index (χ0) is 19.0. The van der Waals surface area contributed by atoms with E-state index in [9.17, 15) is 13.2 Å². The highest BCUT2D eigenvalue weighted by molar-refractivity contribution is 7.90. The fourth-order valence-electron chi connectivity index (χ4n) is 3.89. The molecule has 0 unspecified atom stereocenters. The molecule has 1 saturated heterocycles. The normalized spacial score (nSPS) is 23.4. The number of sulfonamides is 1. The number of ether oxygens (including phenoxy) is 1. The highest BCUT2D eigenvalue weighted by Crippen LogP contribution is 2.35. The van der Waals surface area contributed by atoms with Crippen LogP contribution in [-0.2, 0) is 19.6 Å². The maximum atomic E-state index is 12.4. The summed E-state index contributed by atoms with van der Waals surface area (Å²) in [5.74, 6) is -0.121. The topological polar surface area (TPSA) is 76.0 Å². The van der Waals surface area contributed by atoms with E-state index in [0.717, 1.165) is 5.56 Å². The maximum absolute atomic E-state index is 12.4. The molecule has 0 N–H and O–H groups in total. The van der Waals surface area contributed by atoms with Crippen LogP contribution in [0.5, 0.6) is 0 Å². The van der Waals surface area contributed by atoms with Crippen LogP contribution < -0.4 is 0 Å². The number of carbonyl (C=O) groups excluding carboxylic acids is 1. The molecule has 0 aromatic heterocycles. The average molecular weight is 384 g/mol. The molecule has 1 fully saturated rings. The molecule has 7 heteroatoms. The Morgan fingerprint density at radius 2 is 1.78 bits per heavy atom. The van der Waals surface area contributed by atoms with Gasteiger partial charge in [0.05, 0.1) is 13.0 Å². The first-order valence-electron chi connectivity index (χ1n) is 8.81. The van der Waals surface area contributed by atoms with Crippen molar-refractivity contribution >= 4 is 21.8 Å². The molecule has 0 spiro atoms. The van der Waals surface area contributed by atoms with Crippen molar-refractivity contribution < 1.29 is 17.9 Å². The van der Waals surface area contributed by atoms with E-state index in [-0.39, 0.29) is 22.7 Å². The van der Waals surface area contributed by atoms with Gasteiger partial charge in [0, 0.05) is 24.6 Å². The number of amidine groups is 1. The number of rotatable bonds is 2. The Labute approximate surface area is 158 Å². The fraction of sp³-hybridized carbons (Fsp3) is 0.300. The Hall–Kier alpha value is -2.67. The largest absolute Gasteiger partial charge is 0.469 e. The van der Waals surface area contributed by atoms with E-state index in [1.54, 1.807) is 24.3 Å². The summed E-state index contributed by atoms with van der Waals surface area (Å²) < 4.78 is 33.8. The summed E-state index contributed by atoms with van der Waals surface area (Å²) in [6.07, 6.45) is 0.662. The van der Waals surface area contributed by atoms with Gasteiger partial charge in [0.1, 0.15) is 4.90 Å². The number of benzene rings is 2. The van der Waals surface area contributed by atoms with Gasteiger partial charge in [-0.15, -0.1) is 4.40 Å². The van der Waals surface area contributed by atoms with Crippen LogP contribution in [0.4, 0.5) is 0 Å². The van der Waals surface area contributed by atoms with Crippen LogP contribution in [0.2, 0.25) is 0 Å². The predicted octanol–water partition coefficient (Wildman–Crippen LogP) is 2.41. The van der Waals surface area contributed by atoms with Crippen molar-refractivity contribution in [1.29, 1.82) is 0 Å². The highest BCUT2D eigenvalue weighted by Gasteiger charge is 2.38. The van der Waals surface area contributed by atoms with E-state index in [2.05, 4.69) is 4.40 Å². The Morgan fingerprint density at radius 1 is 1.07 bits per heavy atom. The SMILES string of the molecule is COC(=O)[C@H]1C[C@H](c2ccccc2)CN(C2=NS(=O)(=O)c3ccccc32)C1. The molecule has 2 aliphatic rings. The molecule has 2 atom stereocenters. The summed E-state index contributed by atoms with van der Waals surface area (Å²) in [4.78, 5) is 14.4. The zero-order valence-electron chi connectivity index (χ0n) is 14.9. The Morgan fingerprint density at radius 3 is 2.52 bits per heavy atom. The highest BCUT2D eigenvalue weighted by atomic mass is 32.2. The van der Waals surface area contributed by atoms with E-state index < -0.39 is 10.0 Å². The van der Waals surface area contributed by atoms with Crippen molar-refractivity contribution in [2.24, 2.45) is 10.3 Å². The minimum Gasteiger partial charge on any atom is -0.469 e. The van der Waals surface area contributed by atoms with Crippen molar-refractivity contribution in [3.8, 4) is 0 Å². The van der Waals surface area contributed by atoms with E-state index in [4.69, 9.17) is 4.74 Å². The number of methoxy groups -OCH3 is 1. The number of hydrogen-bond acceptors (Lipinski definition) is 5. The van der Waals surface area contributed by atoms with Crippen molar-refractivity contribution in [2.45, 2.75) is 17.2 Å². The van der Waals surface area contributed by atoms with E-state index in [1.807, 2.05) is 35.2 Å². The molecular weight excluding hydrogens is 364 g/mol. The monoisotopic (exact) mass is 384 g/mol. The summed E-state index contributed by atoms with van der Waals surface area (Å²) in [6, 6.07) is 16.8. The minimum absolute atomic E-state index is 0.0854. The third kappa shape index (κ3) is 3.23. The van der Waals surface area contributed by atoms with Crippen molar-refractivity contribution in [3.05, 3.63) is 65.7 Å². The minimum atomic E-state index is -3.70. The molecule has 2 heterocycles. The maximum Gasteiger partial charge on any atom is 0.310 e. The second-order valence-corrected chi connectivity index (χ2v) is 8.43. The summed E-state index contributed by atoms with van der Waals surface area (Å²) in [5, 5.41) is 0. The van der Waals surface area contributed by atoms with Crippen LogP contribution in [-0.4, -0.2) is 45.3 Å². The van der Waals surface area contributed by atoms with E-state index >= 15 is 0 Å². The van der Waals surface area contributed by atoms with Crippen LogP contribution in [0.1, 0.15) is 23.5 Å². The standard InChI is InChI=1S/C20H20N2O4S/c1-26-20(23)16-11-15(14-7-3-2-4-8-14)12-22(13-16)19-17-9-5-6-10-18(17)27(24,25)21-19/h2-10,15-16H,11-13H2,1H3/t15-,16-/m0/s1. The third-order valence-electron chi connectivity index (χ3n) is 5.17. The van der Waals surface area contributed by atoms with Gasteiger partial charge in [-0.05, 0) is 24.1 Å². The second kappa shape index (κ2) is 6.81.